The van der Waals surface area contributed by atoms with Crippen molar-refractivity contribution < 1.29 is 0 Å². The Balaban J connectivity index is 1.75. The second-order valence-electron chi connectivity index (χ2n) is 8.24. The Morgan fingerprint density at radius 1 is 0.619 bits per heavy atom. The normalized spacial score (nSPS) is 40.4. The Hall–Kier alpha value is -0.0400. The van der Waals surface area contributed by atoms with Gasteiger partial charge in [0.1, 0.15) is 0 Å². The molecule has 4 unspecified atom stereocenters. The number of hydrogen-bond donors (Lipinski definition) is 0. The van der Waals surface area contributed by atoms with Crippen LogP contribution in [0.2, 0.25) is 0 Å². The van der Waals surface area contributed by atoms with Crippen LogP contribution in [-0.4, -0.2) is 24.0 Å². The fourth-order valence-electron chi connectivity index (χ4n) is 5.66. The van der Waals surface area contributed by atoms with Crippen molar-refractivity contribution in [2.45, 2.75) is 108 Å². The summed E-state index contributed by atoms with van der Waals surface area (Å²) in [6.45, 7) is 0. The van der Waals surface area contributed by atoms with E-state index in [2.05, 4.69) is 11.9 Å². The first-order valence-corrected chi connectivity index (χ1v) is 10.1. The van der Waals surface area contributed by atoms with E-state index < -0.39 is 0 Å². The molecule has 1 saturated heterocycles. The molecule has 4 atom stereocenters. The minimum absolute atomic E-state index is 0.912. The lowest BCUT2D eigenvalue weighted by Crippen LogP contribution is -2.52. The summed E-state index contributed by atoms with van der Waals surface area (Å²) in [5, 5.41) is 0. The van der Waals surface area contributed by atoms with E-state index in [1.165, 1.54) is 89.9 Å². The molecule has 1 aliphatic heterocycles. The van der Waals surface area contributed by atoms with Gasteiger partial charge in [-0.3, -0.25) is 0 Å². The van der Waals surface area contributed by atoms with Crippen LogP contribution in [0.3, 0.4) is 0 Å². The van der Waals surface area contributed by atoms with Crippen molar-refractivity contribution in [2.75, 3.05) is 7.05 Å². The maximum atomic E-state index is 2.86. The van der Waals surface area contributed by atoms with Gasteiger partial charge in [-0.15, -0.1) is 0 Å². The average molecular weight is 292 g/mol. The Morgan fingerprint density at radius 2 is 1.19 bits per heavy atom. The molecule has 3 fully saturated rings. The van der Waals surface area contributed by atoms with Gasteiger partial charge in [0.05, 0.1) is 0 Å². The molecule has 2 bridgehead atoms. The fraction of sp³-hybridized carbons (Fsp3) is 1.00. The van der Waals surface area contributed by atoms with Crippen molar-refractivity contribution in [2.24, 2.45) is 11.8 Å². The van der Waals surface area contributed by atoms with Crippen molar-refractivity contribution in [3.8, 4) is 0 Å². The van der Waals surface area contributed by atoms with Gasteiger partial charge in [0.15, 0.2) is 0 Å². The monoisotopic (exact) mass is 291 g/mol. The number of rotatable bonds is 0. The van der Waals surface area contributed by atoms with E-state index in [-0.39, 0.29) is 0 Å². The maximum Gasteiger partial charge on any atom is 0.0126 e. The van der Waals surface area contributed by atoms with E-state index in [4.69, 9.17) is 0 Å². The standard InChI is InChI=1S/C20H37N/c1-21-18-13-9-5-2-4-8-12-17(16-18)19-14-10-6-3-7-11-15-20(19)21/h17-20H,2-16H2,1H3. The van der Waals surface area contributed by atoms with Crippen LogP contribution in [0.4, 0.5) is 0 Å². The van der Waals surface area contributed by atoms with E-state index in [0.717, 1.165) is 23.9 Å². The summed E-state index contributed by atoms with van der Waals surface area (Å²) in [6, 6.07) is 1.83. The first-order valence-electron chi connectivity index (χ1n) is 10.1. The molecule has 2 saturated carbocycles. The molecule has 21 heavy (non-hydrogen) atoms. The highest BCUT2D eigenvalue weighted by Crippen LogP contribution is 2.42. The van der Waals surface area contributed by atoms with Crippen molar-refractivity contribution in [3.05, 3.63) is 0 Å². The Kier molecular flexibility index (Phi) is 6.03. The van der Waals surface area contributed by atoms with Crippen LogP contribution in [0, 0.1) is 11.8 Å². The SMILES string of the molecule is CN1C2CCCCCCCC(C2)C2CCCCCCCC21. The molecule has 0 spiro atoms. The molecule has 0 amide bonds. The molecule has 2 aliphatic carbocycles. The third-order valence-corrected chi connectivity index (χ3v) is 6.92. The Morgan fingerprint density at radius 3 is 1.95 bits per heavy atom. The molecule has 0 aromatic heterocycles. The molecule has 3 rings (SSSR count). The highest BCUT2D eigenvalue weighted by atomic mass is 15.2. The molecule has 0 N–H and O–H groups in total. The predicted octanol–water partition coefficient (Wildman–Crippen LogP) is 5.78. The van der Waals surface area contributed by atoms with E-state index in [0.29, 0.717) is 0 Å². The van der Waals surface area contributed by atoms with Crippen LogP contribution < -0.4 is 0 Å². The smallest absolute Gasteiger partial charge is 0.0126 e. The van der Waals surface area contributed by atoms with Crippen LogP contribution >= 0.6 is 0 Å². The Labute approximate surface area is 132 Å². The second kappa shape index (κ2) is 7.99. The number of nitrogens with zero attached hydrogens (tertiary/aromatic N) is 1. The molecular weight excluding hydrogens is 254 g/mol. The zero-order chi connectivity index (χ0) is 14.5. The van der Waals surface area contributed by atoms with E-state index in [9.17, 15) is 0 Å². The largest absolute Gasteiger partial charge is 0.300 e. The van der Waals surface area contributed by atoms with Crippen molar-refractivity contribution in [1.82, 2.24) is 4.90 Å². The molecule has 0 aromatic rings. The Bertz CT molecular complexity index is 292. The molecule has 3 aliphatic rings. The van der Waals surface area contributed by atoms with Gasteiger partial charge in [0.25, 0.3) is 0 Å². The lowest BCUT2D eigenvalue weighted by Gasteiger charge is -2.49. The molecule has 1 heterocycles. The number of hydrogen-bond acceptors (Lipinski definition) is 1. The van der Waals surface area contributed by atoms with Crippen LogP contribution in [0.15, 0.2) is 0 Å². The summed E-state index contributed by atoms with van der Waals surface area (Å²) in [4.78, 5) is 2.86. The highest BCUT2D eigenvalue weighted by molar-refractivity contribution is 4.93. The topological polar surface area (TPSA) is 3.24 Å². The molecule has 1 heteroatoms. The predicted molar refractivity (Wildman–Crippen MR) is 91.6 cm³/mol. The van der Waals surface area contributed by atoms with Crippen molar-refractivity contribution in [1.29, 1.82) is 0 Å². The van der Waals surface area contributed by atoms with E-state index in [1.54, 1.807) is 6.42 Å². The van der Waals surface area contributed by atoms with Gasteiger partial charge in [-0.25, -0.2) is 0 Å². The van der Waals surface area contributed by atoms with Crippen LogP contribution in [0.1, 0.15) is 96.3 Å². The van der Waals surface area contributed by atoms with Crippen LogP contribution in [0.25, 0.3) is 0 Å². The van der Waals surface area contributed by atoms with E-state index in [1.807, 2.05) is 0 Å². The van der Waals surface area contributed by atoms with E-state index >= 15 is 0 Å². The molecule has 0 radical (unpaired) electrons. The van der Waals surface area contributed by atoms with Crippen molar-refractivity contribution in [3.63, 3.8) is 0 Å². The van der Waals surface area contributed by atoms with Gasteiger partial charge < -0.3 is 4.90 Å². The average Bonchev–Trinajstić information content (AvgIpc) is 2.62. The molecular formula is C20H37N. The first-order chi connectivity index (χ1) is 10.4. The summed E-state index contributed by atoms with van der Waals surface area (Å²) in [6.07, 6.45) is 22.6. The summed E-state index contributed by atoms with van der Waals surface area (Å²) >= 11 is 0. The van der Waals surface area contributed by atoms with Gasteiger partial charge >= 0.3 is 0 Å². The van der Waals surface area contributed by atoms with Gasteiger partial charge in [-0.05, 0) is 44.6 Å². The zero-order valence-corrected chi connectivity index (χ0v) is 14.4. The minimum atomic E-state index is 0.912. The first kappa shape index (κ1) is 15.8. The third-order valence-electron chi connectivity index (χ3n) is 6.92. The molecule has 1 nitrogen and oxygen atoms in total. The summed E-state index contributed by atoms with van der Waals surface area (Å²) < 4.78 is 0. The lowest BCUT2D eigenvalue weighted by molar-refractivity contribution is 0.00138. The van der Waals surface area contributed by atoms with Crippen LogP contribution in [-0.2, 0) is 0 Å². The van der Waals surface area contributed by atoms with Gasteiger partial charge in [0.2, 0.25) is 0 Å². The molecule has 0 aromatic carbocycles. The number of fused-ring (bicyclic) bond motifs is 4. The highest BCUT2D eigenvalue weighted by Gasteiger charge is 2.40. The van der Waals surface area contributed by atoms with Crippen LogP contribution in [0.5, 0.6) is 0 Å². The molecule has 122 valence electrons. The quantitative estimate of drug-likeness (QED) is 0.547. The van der Waals surface area contributed by atoms with Gasteiger partial charge in [-0.1, -0.05) is 70.6 Å². The minimum Gasteiger partial charge on any atom is -0.300 e. The second-order valence-corrected chi connectivity index (χ2v) is 8.24. The number of piperidine rings is 1. The van der Waals surface area contributed by atoms with Gasteiger partial charge in [-0.2, -0.15) is 0 Å². The summed E-state index contributed by atoms with van der Waals surface area (Å²) in [5.74, 6) is 2.09. The summed E-state index contributed by atoms with van der Waals surface area (Å²) in [7, 11) is 2.47. The van der Waals surface area contributed by atoms with Gasteiger partial charge in [0, 0.05) is 12.1 Å². The fourth-order valence-corrected chi connectivity index (χ4v) is 5.66. The zero-order valence-electron chi connectivity index (χ0n) is 14.4. The maximum absolute atomic E-state index is 2.86. The number of likely N-dealkylation sites (tertiary alicyclic amines) is 1. The van der Waals surface area contributed by atoms with Crippen molar-refractivity contribution >= 4 is 0 Å². The lowest BCUT2D eigenvalue weighted by atomic mass is 9.70. The third kappa shape index (κ3) is 4.03. The summed E-state index contributed by atoms with van der Waals surface area (Å²) in [5.41, 5.74) is 0.